The molecule has 8 heteroatoms. The lowest BCUT2D eigenvalue weighted by Gasteiger charge is -2.24. The monoisotopic (exact) mass is 375 g/mol. The predicted octanol–water partition coefficient (Wildman–Crippen LogP) is 2.06. The molecule has 0 spiro atoms. The Labute approximate surface area is 158 Å². The SMILES string of the molecule is CC(C)[C@H](NC(=O)OCc1ccccc1)C(=O)N[C@@H](C[C@H](C)C#N)C(=O)O. The highest BCUT2D eigenvalue weighted by atomic mass is 16.5. The Hall–Kier alpha value is -3.08. The highest BCUT2D eigenvalue weighted by molar-refractivity contribution is 5.89. The summed E-state index contributed by atoms with van der Waals surface area (Å²) >= 11 is 0. The quantitative estimate of drug-likeness (QED) is 0.606. The molecule has 2 amide bonds. The van der Waals surface area contributed by atoms with Gasteiger partial charge in [0.15, 0.2) is 0 Å². The lowest BCUT2D eigenvalue weighted by Crippen LogP contribution is -2.54. The fourth-order valence-electron chi connectivity index (χ4n) is 2.32. The number of benzene rings is 1. The molecule has 3 N–H and O–H groups in total. The Balaban J connectivity index is 2.67. The maximum atomic E-state index is 12.5. The van der Waals surface area contributed by atoms with Crippen LogP contribution in [0.1, 0.15) is 32.8 Å². The second-order valence-corrected chi connectivity index (χ2v) is 6.59. The third kappa shape index (κ3) is 7.77. The number of alkyl carbamates (subject to hydrolysis) is 1. The van der Waals surface area contributed by atoms with Gasteiger partial charge in [0.1, 0.15) is 18.7 Å². The molecule has 0 bridgehead atoms. The molecule has 0 aliphatic carbocycles. The van der Waals surface area contributed by atoms with Crippen LogP contribution >= 0.6 is 0 Å². The van der Waals surface area contributed by atoms with Gasteiger partial charge >= 0.3 is 12.1 Å². The number of carboxylic acid groups (broad SMARTS) is 1. The Morgan fingerprint density at radius 1 is 1.15 bits per heavy atom. The molecule has 0 saturated carbocycles. The fourth-order valence-corrected chi connectivity index (χ4v) is 2.32. The van der Waals surface area contributed by atoms with E-state index in [0.717, 1.165) is 5.56 Å². The highest BCUT2D eigenvalue weighted by Crippen LogP contribution is 2.08. The van der Waals surface area contributed by atoms with Crippen LogP contribution in [-0.2, 0) is 20.9 Å². The lowest BCUT2D eigenvalue weighted by atomic mass is 10.0. The van der Waals surface area contributed by atoms with Crippen molar-refractivity contribution in [3.05, 3.63) is 35.9 Å². The molecule has 3 atom stereocenters. The topological polar surface area (TPSA) is 129 Å². The number of ether oxygens (including phenoxy) is 1. The van der Waals surface area contributed by atoms with Crippen LogP contribution in [0.4, 0.5) is 4.79 Å². The summed E-state index contributed by atoms with van der Waals surface area (Å²) in [6, 6.07) is 8.83. The number of aliphatic carboxylic acids is 1. The molecule has 8 nitrogen and oxygen atoms in total. The Morgan fingerprint density at radius 2 is 1.78 bits per heavy atom. The molecular formula is C19H25N3O5. The van der Waals surface area contributed by atoms with Crippen molar-refractivity contribution in [3.63, 3.8) is 0 Å². The zero-order valence-corrected chi connectivity index (χ0v) is 15.6. The first-order valence-corrected chi connectivity index (χ1v) is 8.64. The molecule has 0 unspecified atom stereocenters. The van der Waals surface area contributed by atoms with E-state index in [0.29, 0.717) is 0 Å². The van der Waals surface area contributed by atoms with E-state index in [1.807, 2.05) is 24.3 Å². The molecule has 0 saturated heterocycles. The Morgan fingerprint density at radius 3 is 2.30 bits per heavy atom. The zero-order chi connectivity index (χ0) is 20.4. The van der Waals surface area contributed by atoms with E-state index in [2.05, 4.69) is 10.6 Å². The minimum absolute atomic E-state index is 0.0269. The summed E-state index contributed by atoms with van der Waals surface area (Å²) in [6.07, 6.45) is -0.800. The maximum absolute atomic E-state index is 12.5. The lowest BCUT2D eigenvalue weighted by molar-refractivity contribution is -0.142. The van der Waals surface area contributed by atoms with E-state index in [-0.39, 0.29) is 18.9 Å². The number of hydrogen-bond donors (Lipinski definition) is 3. The number of carbonyl (C=O) groups excluding carboxylic acids is 2. The van der Waals surface area contributed by atoms with E-state index >= 15 is 0 Å². The van der Waals surface area contributed by atoms with Gasteiger partial charge in [0.25, 0.3) is 0 Å². The van der Waals surface area contributed by atoms with Gasteiger partial charge in [-0.3, -0.25) is 4.79 Å². The Kier molecular flexibility index (Phi) is 8.79. The van der Waals surface area contributed by atoms with Gasteiger partial charge in [-0.05, 0) is 24.8 Å². The largest absolute Gasteiger partial charge is 0.480 e. The number of rotatable bonds is 9. The van der Waals surface area contributed by atoms with E-state index in [1.54, 1.807) is 32.9 Å². The fraction of sp³-hybridized carbons (Fsp3) is 0.474. The zero-order valence-electron chi connectivity index (χ0n) is 15.6. The van der Waals surface area contributed by atoms with E-state index < -0.39 is 36.0 Å². The van der Waals surface area contributed by atoms with Crippen LogP contribution in [0.2, 0.25) is 0 Å². The van der Waals surface area contributed by atoms with Gasteiger partial charge in [0.2, 0.25) is 5.91 Å². The summed E-state index contributed by atoms with van der Waals surface area (Å²) in [5, 5.41) is 22.9. The van der Waals surface area contributed by atoms with Crippen molar-refractivity contribution in [2.75, 3.05) is 0 Å². The van der Waals surface area contributed by atoms with Gasteiger partial charge < -0.3 is 20.5 Å². The van der Waals surface area contributed by atoms with Gasteiger partial charge in [0, 0.05) is 5.92 Å². The first-order valence-electron chi connectivity index (χ1n) is 8.64. The first kappa shape index (κ1) is 22.0. The van der Waals surface area contributed by atoms with Crippen LogP contribution in [0.25, 0.3) is 0 Å². The normalized spacial score (nSPS) is 13.7. The standard InChI is InChI=1S/C19H25N3O5/c1-12(2)16(17(23)21-15(18(24)25)9-13(3)10-20)22-19(26)27-11-14-7-5-4-6-8-14/h4-8,12-13,15-16H,9,11H2,1-3H3,(H,21,23)(H,22,26)(H,24,25)/t13-,15-,16-/m0/s1. The van der Waals surface area contributed by atoms with Crippen molar-refractivity contribution in [1.82, 2.24) is 10.6 Å². The average molecular weight is 375 g/mol. The van der Waals surface area contributed by atoms with Crippen molar-refractivity contribution in [1.29, 1.82) is 5.26 Å². The molecule has 1 aromatic carbocycles. The second kappa shape index (κ2) is 10.8. The van der Waals surface area contributed by atoms with Crippen molar-refractivity contribution in [2.24, 2.45) is 11.8 Å². The van der Waals surface area contributed by atoms with Crippen LogP contribution in [0.5, 0.6) is 0 Å². The van der Waals surface area contributed by atoms with Crippen molar-refractivity contribution >= 4 is 18.0 Å². The van der Waals surface area contributed by atoms with Gasteiger partial charge in [-0.15, -0.1) is 0 Å². The summed E-state index contributed by atoms with van der Waals surface area (Å²) in [4.78, 5) is 35.8. The van der Waals surface area contributed by atoms with Crippen LogP contribution in [0.15, 0.2) is 30.3 Å². The molecule has 0 radical (unpaired) electrons. The molecule has 1 rings (SSSR count). The van der Waals surface area contributed by atoms with Crippen LogP contribution in [0, 0.1) is 23.2 Å². The molecule has 27 heavy (non-hydrogen) atoms. The van der Waals surface area contributed by atoms with Gasteiger partial charge in [-0.2, -0.15) is 5.26 Å². The number of carbonyl (C=O) groups is 3. The third-order valence-electron chi connectivity index (χ3n) is 3.86. The highest BCUT2D eigenvalue weighted by Gasteiger charge is 2.29. The Bertz CT molecular complexity index is 684. The predicted molar refractivity (Wildman–Crippen MR) is 97.3 cm³/mol. The molecule has 146 valence electrons. The number of amides is 2. The molecule has 0 aromatic heterocycles. The second-order valence-electron chi connectivity index (χ2n) is 6.59. The number of nitriles is 1. The number of nitrogens with zero attached hydrogens (tertiary/aromatic N) is 1. The molecule has 0 aliphatic rings. The number of nitrogens with one attached hydrogen (secondary N) is 2. The number of carboxylic acids is 1. The minimum atomic E-state index is -1.24. The summed E-state index contributed by atoms with van der Waals surface area (Å²) < 4.78 is 5.10. The van der Waals surface area contributed by atoms with Crippen molar-refractivity contribution in [2.45, 2.75) is 45.9 Å². The average Bonchev–Trinajstić information content (AvgIpc) is 2.64. The van der Waals surface area contributed by atoms with E-state index in [4.69, 9.17) is 10.00 Å². The van der Waals surface area contributed by atoms with Crippen LogP contribution in [-0.4, -0.2) is 35.2 Å². The molecular weight excluding hydrogens is 350 g/mol. The number of hydrogen-bond acceptors (Lipinski definition) is 5. The molecule has 0 heterocycles. The smallest absolute Gasteiger partial charge is 0.408 e. The third-order valence-corrected chi connectivity index (χ3v) is 3.86. The summed E-state index contributed by atoms with van der Waals surface area (Å²) in [6.45, 7) is 5.06. The first-order chi connectivity index (χ1) is 12.7. The summed E-state index contributed by atoms with van der Waals surface area (Å²) in [5.41, 5.74) is 0.801. The van der Waals surface area contributed by atoms with Crippen molar-refractivity contribution in [3.8, 4) is 6.07 Å². The molecule has 1 aromatic rings. The molecule has 0 fully saturated rings. The van der Waals surface area contributed by atoms with Crippen LogP contribution in [0.3, 0.4) is 0 Å². The van der Waals surface area contributed by atoms with Gasteiger partial charge in [-0.1, -0.05) is 44.2 Å². The van der Waals surface area contributed by atoms with E-state index in [1.165, 1.54) is 0 Å². The summed E-state index contributed by atoms with van der Waals surface area (Å²) in [7, 11) is 0. The molecule has 0 aliphatic heterocycles. The van der Waals surface area contributed by atoms with Gasteiger partial charge in [0.05, 0.1) is 6.07 Å². The van der Waals surface area contributed by atoms with E-state index in [9.17, 15) is 19.5 Å². The minimum Gasteiger partial charge on any atom is -0.480 e. The van der Waals surface area contributed by atoms with Gasteiger partial charge in [-0.25, -0.2) is 9.59 Å². The summed E-state index contributed by atoms with van der Waals surface area (Å²) in [5.74, 6) is -2.70. The van der Waals surface area contributed by atoms with Crippen molar-refractivity contribution < 1.29 is 24.2 Å². The van der Waals surface area contributed by atoms with Crippen LogP contribution < -0.4 is 10.6 Å². The maximum Gasteiger partial charge on any atom is 0.408 e.